The Morgan fingerprint density at radius 1 is 1.50 bits per heavy atom. The molecule has 1 atom stereocenters. The molecular weight excluding hydrogens is 208 g/mol. The summed E-state index contributed by atoms with van der Waals surface area (Å²) in [4.78, 5) is 11.2. The van der Waals surface area contributed by atoms with E-state index < -0.39 is 6.10 Å². The quantitative estimate of drug-likeness (QED) is 0.790. The van der Waals surface area contributed by atoms with Gasteiger partial charge in [0, 0.05) is 6.42 Å². The van der Waals surface area contributed by atoms with E-state index in [9.17, 15) is 9.90 Å². The highest BCUT2D eigenvalue weighted by atomic mass is 16.5. The minimum atomic E-state index is -0.918. The van der Waals surface area contributed by atoms with Crippen LogP contribution < -0.4 is 4.74 Å². The molecule has 1 aromatic carbocycles. The van der Waals surface area contributed by atoms with Crippen molar-refractivity contribution in [2.75, 3.05) is 7.11 Å². The van der Waals surface area contributed by atoms with Crippen molar-refractivity contribution in [2.45, 2.75) is 25.9 Å². The molecule has 0 aliphatic heterocycles. The Kier molecular flexibility index (Phi) is 4.31. The van der Waals surface area contributed by atoms with Crippen LogP contribution in [0.1, 0.15) is 18.9 Å². The molecule has 0 aliphatic carbocycles. The van der Waals surface area contributed by atoms with E-state index in [0.29, 0.717) is 12.2 Å². The van der Waals surface area contributed by atoms with Gasteiger partial charge in [-0.2, -0.15) is 0 Å². The van der Waals surface area contributed by atoms with E-state index >= 15 is 0 Å². The van der Waals surface area contributed by atoms with Crippen LogP contribution in [0.15, 0.2) is 18.2 Å². The molecule has 0 spiro atoms. The number of carbonyl (C=O) groups is 1. The number of hydrogen-bond donors (Lipinski definition) is 2. The molecule has 0 saturated carbocycles. The SMILES string of the molecule is COc1cc(CCC(=O)C(C)O)ccc1O. The summed E-state index contributed by atoms with van der Waals surface area (Å²) in [6, 6.07) is 4.94. The summed E-state index contributed by atoms with van der Waals surface area (Å²) >= 11 is 0. The lowest BCUT2D eigenvalue weighted by Crippen LogP contribution is -2.16. The zero-order valence-electron chi connectivity index (χ0n) is 9.43. The van der Waals surface area contributed by atoms with E-state index in [1.165, 1.54) is 20.1 Å². The van der Waals surface area contributed by atoms with Gasteiger partial charge in [-0.15, -0.1) is 0 Å². The number of ether oxygens (including phenoxy) is 1. The van der Waals surface area contributed by atoms with Gasteiger partial charge >= 0.3 is 0 Å². The molecule has 0 saturated heterocycles. The summed E-state index contributed by atoms with van der Waals surface area (Å²) in [7, 11) is 1.47. The zero-order valence-corrected chi connectivity index (χ0v) is 9.43. The van der Waals surface area contributed by atoms with Crippen LogP contribution in [0.5, 0.6) is 11.5 Å². The second-order valence-electron chi connectivity index (χ2n) is 3.65. The van der Waals surface area contributed by atoms with Crippen molar-refractivity contribution in [3.05, 3.63) is 23.8 Å². The van der Waals surface area contributed by atoms with Gasteiger partial charge in [-0.25, -0.2) is 0 Å². The number of phenolic OH excluding ortho intramolecular Hbond substituents is 1. The maximum Gasteiger partial charge on any atom is 0.161 e. The molecule has 0 aromatic heterocycles. The van der Waals surface area contributed by atoms with E-state index in [1.54, 1.807) is 12.1 Å². The molecule has 0 heterocycles. The highest BCUT2D eigenvalue weighted by molar-refractivity contribution is 5.82. The summed E-state index contributed by atoms with van der Waals surface area (Å²) in [6.07, 6.45) is -0.106. The molecule has 1 unspecified atom stereocenters. The van der Waals surface area contributed by atoms with Crippen LogP contribution in [0.4, 0.5) is 0 Å². The third kappa shape index (κ3) is 3.24. The predicted molar refractivity (Wildman–Crippen MR) is 59.7 cm³/mol. The topological polar surface area (TPSA) is 66.8 Å². The lowest BCUT2D eigenvalue weighted by Gasteiger charge is -2.07. The molecule has 0 aliphatic rings. The monoisotopic (exact) mass is 224 g/mol. The van der Waals surface area contributed by atoms with Crippen molar-refractivity contribution >= 4 is 5.78 Å². The summed E-state index contributed by atoms with van der Waals surface area (Å²) in [6.45, 7) is 1.46. The molecule has 88 valence electrons. The first-order chi connectivity index (χ1) is 7.54. The Labute approximate surface area is 94.5 Å². The fraction of sp³-hybridized carbons (Fsp3) is 0.417. The number of aromatic hydroxyl groups is 1. The zero-order chi connectivity index (χ0) is 12.1. The van der Waals surface area contributed by atoms with Crippen molar-refractivity contribution in [3.8, 4) is 11.5 Å². The second kappa shape index (κ2) is 5.51. The van der Waals surface area contributed by atoms with Crippen LogP contribution >= 0.6 is 0 Å². The van der Waals surface area contributed by atoms with Gasteiger partial charge in [0.05, 0.1) is 7.11 Å². The van der Waals surface area contributed by atoms with E-state index in [-0.39, 0.29) is 18.0 Å². The standard InChI is InChI=1S/C12H16O4/c1-8(13)10(14)5-3-9-4-6-11(15)12(7-9)16-2/h4,6-8,13,15H,3,5H2,1-2H3. The Morgan fingerprint density at radius 3 is 2.75 bits per heavy atom. The minimum Gasteiger partial charge on any atom is -0.504 e. The summed E-state index contributed by atoms with van der Waals surface area (Å²) in [5.41, 5.74) is 0.892. The van der Waals surface area contributed by atoms with E-state index in [1.807, 2.05) is 0 Å². The molecule has 1 rings (SSSR count). The second-order valence-corrected chi connectivity index (χ2v) is 3.65. The number of Topliss-reactive ketones (excluding diaryl/α,β-unsaturated/α-hetero) is 1. The van der Waals surface area contributed by atoms with Gasteiger partial charge in [-0.05, 0) is 31.0 Å². The molecule has 16 heavy (non-hydrogen) atoms. The number of aliphatic hydroxyl groups excluding tert-OH is 1. The van der Waals surface area contributed by atoms with Crippen LogP contribution in [0.25, 0.3) is 0 Å². The highest BCUT2D eigenvalue weighted by Crippen LogP contribution is 2.26. The molecular formula is C12H16O4. The normalized spacial score (nSPS) is 12.2. The predicted octanol–water partition coefficient (Wildman–Crippen LogP) is 1.28. The summed E-state index contributed by atoms with van der Waals surface area (Å²) in [5, 5.41) is 18.4. The van der Waals surface area contributed by atoms with Gasteiger partial charge < -0.3 is 14.9 Å². The molecule has 4 heteroatoms. The number of aliphatic hydroxyl groups is 1. The highest BCUT2D eigenvalue weighted by Gasteiger charge is 2.09. The first-order valence-corrected chi connectivity index (χ1v) is 5.11. The first kappa shape index (κ1) is 12.5. The number of aryl methyl sites for hydroxylation is 1. The van der Waals surface area contributed by atoms with Crippen molar-refractivity contribution in [3.63, 3.8) is 0 Å². The smallest absolute Gasteiger partial charge is 0.161 e. The molecule has 0 radical (unpaired) electrons. The van der Waals surface area contributed by atoms with E-state index in [4.69, 9.17) is 9.84 Å². The largest absolute Gasteiger partial charge is 0.504 e. The third-order valence-electron chi connectivity index (χ3n) is 2.37. The van der Waals surface area contributed by atoms with Crippen molar-refractivity contribution in [2.24, 2.45) is 0 Å². The summed E-state index contributed by atoms with van der Waals surface area (Å²) in [5.74, 6) is 0.280. The average Bonchev–Trinajstić information content (AvgIpc) is 2.27. The number of phenols is 1. The number of benzene rings is 1. The van der Waals surface area contributed by atoms with Gasteiger partial charge in [-0.1, -0.05) is 6.07 Å². The average molecular weight is 224 g/mol. The Bertz CT molecular complexity index is 371. The Balaban J connectivity index is 2.64. The lowest BCUT2D eigenvalue weighted by atomic mass is 10.0. The summed E-state index contributed by atoms with van der Waals surface area (Å²) < 4.78 is 4.96. The van der Waals surface area contributed by atoms with E-state index in [0.717, 1.165) is 5.56 Å². The number of carbonyl (C=O) groups excluding carboxylic acids is 1. The molecule has 4 nitrogen and oxygen atoms in total. The van der Waals surface area contributed by atoms with Gasteiger partial charge in [0.1, 0.15) is 6.10 Å². The lowest BCUT2D eigenvalue weighted by molar-refractivity contribution is -0.126. The van der Waals surface area contributed by atoms with E-state index in [2.05, 4.69) is 0 Å². The Morgan fingerprint density at radius 2 is 2.19 bits per heavy atom. The van der Waals surface area contributed by atoms with Crippen molar-refractivity contribution < 1.29 is 19.7 Å². The van der Waals surface area contributed by atoms with Crippen LogP contribution in [0, 0.1) is 0 Å². The van der Waals surface area contributed by atoms with Crippen molar-refractivity contribution in [1.29, 1.82) is 0 Å². The van der Waals surface area contributed by atoms with Crippen LogP contribution in [-0.2, 0) is 11.2 Å². The fourth-order valence-electron chi connectivity index (χ4n) is 1.35. The fourth-order valence-corrected chi connectivity index (χ4v) is 1.35. The van der Waals surface area contributed by atoms with Gasteiger partial charge in [-0.3, -0.25) is 4.79 Å². The molecule has 0 fully saturated rings. The number of hydrogen-bond acceptors (Lipinski definition) is 4. The Hall–Kier alpha value is -1.55. The number of ketones is 1. The van der Waals surface area contributed by atoms with Gasteiger partial charge in [0.15, 0.2) is 17.3 Å². The molecule has 2 N–H and O–H groups in total. The van der Waals surface area contributed by atoms with Gasteiger partial charge in [0.25, 0.3) is 0 Å². The number of rotatable bonds is 5. The van der Waals surface area contributed by atoms with Crippen LogP contribution in [0.2, 0.25) is 0 Å². The van der Waals surface area contributed by atoms with Crippen LogP contribution in [0.3, 0.4) is 0 Å². The molecule has 1 aromatic rings. The first-order valence-electron chi connectivity index (χ1n) is 5.11. The molecule has 0 amide bonds. The van der Waals surface area contributed by atoms with Gasteiger partial charge in [0.2, 0.25) is 0 Å². The minimum absolute atomic E-state index is 0.0769. The van der Waals surface area contributed by atoms with Crippen LogP contribution in [-0.4, -0.2) is 29.2 Å². The molecule has 0 bridgehead atoms. The maximum atomic E-state index is 11.2. The van der Waals surface area contributed by atoms with Crippen molar-refractivity contribution in [1.82, 2.24) is 0 Å². The maximum absolute atomic E-state index is 11.2. The third-order valence-corrected chi connectivity index (χ3v) is 2.37. The number of methoxy groups -OCH3 is 1.